The molecule has 2 heterocycles. The number of amides is 1. The molecular formula is C13H19F3N3O16P3. The van der Waals surface area contributed by atoms with Gasteiger partial charge in [-0.15, -0.1) is 0 Å². The van der Waals surface area contributed by atoms with Crippen LogP contribution in [0.25, 0.3) is 0 Å². The van der Waals surface area contributed by atoms with Crippen LogP contribution in [0.2, 0.25) is 0 Å². The first-order chi connectivity index (χ1) is 17.0. The van der Waals surface area contributed by atoms with Gasteiger partial charge in [0.15, 0.2) is 6.23 Å². The van der Waals surface area contributed by atoms with Gasteiger partial charge in [-0.05, 0) is 0 Å². The van der Waals surface area contributed by atoms with E-state index in [1.54, 1.807) is 4.98 Å². The molecule has 1 aromatic heterocycles. The normalized spacial score (nSPS) is 25.5. The van der Waals surface area contributed by atoms with Crippen molar-refractivity contribution >= 4 is 29.4 Å². The van der Waals surface area contributed by atoms with E-state index in [0.29, 0.717) is 17.8 Å². The highest BCUT2D eigenvalue weighted by molar-refractivity contribution is 7.66. The third-order valence-corrected chi connectivity index (χ3v) is 8.27. The van der Waals surface area contributed by atoms with Crippen molar-refractivity contribution in [3.8, 4) is 0 Å². The Morgan fingerprint density at radius 2 is 1.68 bits per heavy atom. The molecule has 0 radical (unpaired) electrons. The fourth-order valence-corrected chi connectivity index (χ4v) is 5.97. The van der Waals surface area contributed by atoms with E-state index in [-0.39, 0.29) is 4.90 Å². The van der Waals surface area contributed by atoms with Gasteiger partial charge in [0.1, 0.15) is 18.3 Å². The Morgan fingerprint density at radius 3 is 2.21 bits per heavy atom. The number of aliphatic hydroxyl groups excluding tert-OH is 2. The number of ether oxygens (including phenoxy) is 1. The summed E-state index contributed by atoms with van der Waals surface area (Å²) in [6.45, 7) is -2.19. The Balaban J connectivity index is 2.19. The molecule has 1 aliphatic heterocycles. The number of rotatable bonds is 10. The average Bonchev–Trinajstić information content (AvgIpc) is 2.98. The molecule has 0 aromatic carbocycles. The van der Waals surface area contributed by atoms with Gasteiger partial charge in [-0.1, -0.05) is 0 Å². The van der Waals surface area contributed by atoms with Crippen LogP contribution in [-0.4, -0.2) is 88.3 Å². The number of aliphatic hydroxyl groups is 2. The van der Waals surface area contributed by atoms with Gasteiger partial charge in [-0.2, -0.15) is 21.8 Å². The molecule has 6 unspecified atom stereocenters. The first-order valence-electron chi connectivity index (χ1n) is 9.49. The lowest BCUT2D eigenvalue weighted by Gasteiger charge is -2.21. The molecule has 0 aliphatic carbocycles. The highest BCUT2D eigenvalue weighted by Gasteiger charge is 2.47. The molecule has 1 aromatic rings. The molecule has 25 heteroatoms. The lowest BCUT2D eigenvalue weighted by molar-refractivity contribution is -0.184. The molecule has 2 rings (SSSR count). The zero-order chi connectivity index (χ0) is 29.4. The molecule has 6 atom stereocenters. The summed E-state index contributed by atoms with van der Waals surface area (Å²) in [6, 6.07) is 0. The van der Waals surface area contributed by atoms with Crippen LogP contribution >= 0.6 is 23.5 Å². The van der Waals surface area contributed by atoms with Gasteiger partial charge in [0, 0.05) is 13.2 Å². The molecule has 0 bridgehead atoms. The Labute approximate surface area is 207 Å². The Bertz CT molecular complexity index is 1310. The van der Waals surface area contributed by atoms with Crippen LogP contribution in [0, 0.1) is 0 Å². The minimum absolute atomic E-state index is 0.103. The van der Waals surface area contributed by atoms with Gasteiger partial charge in [-0.25, -0.2) is 18.5 Å². The minimum atomic E-state index is -5.86. The molecule has 19 nitrogen and oxygen atoms in total. The zero-order valence-corrected chi connectivity index (χ0v) is 21.1. The molecule has 38 heavy (non-hydrogen) atoms. The first kappa shape index (κ1) is 32.4. The van der Waals surface area contributed by atoms with Crippen LogP contribution in [0.3, 0.4) is 0 Å². The van der Waals surface area contributed by atoms with Gasteiger partial charge in [0.2, 0.25) is 0 Å². The zero-order valence-electron chi connectivity index (χ0n) is 18.4. The number of nitrogens with zero attached hydrogens (tertiary/aromatic N) is 2. The van der Waals surface area contributed by atoms with Crippen molar-refractivity contribution in [2.24, 2.45) is 0 Å². The standard InChI is InChI=1S/C13H19F3N3O16P3/c1-18(11(23)13(14,15)16)2-5-3-19(12(24)17-9(5)22)10-8(21)7(20)6(33-10)4-32-37(28,29)35-38(30,31)34-36(25,26)27/h3,6-8,10,20-21H,2,4H2,1H3,(H,28,29)(H,30,31)(H,17,22,24)(H2,25,26,27). The number of alkyl halides is 3. The maximum absolute atomic E-state index is 12.6. The summed E-state index contributed by atoms with van der Waals surface area (Å²) in [6.07, 6.45) is -12.4. The summed E-state index contributed by atoms with van der Waals surface area (Å²) >= 11 is 0. The minimum Gasteiger partial charge on any atom is -0.387 e. The molecule has 1 saturated heterocycles. The Hall–Kier alpha value is -1.77. The number of H-pyrrole nitrogens is 1. The number of carbonyl (C=O) groups is 1. The van der Waals surface area contributed by atoms with E-state index >= 15 is 0 Å². The summed E-state index contributed by atoms with van der Waals surface area (Å²) in [5, 5.41) is 20.4. The molecule has 0 saturated carbocycles. The van der Waals surface area contributed by atoms with Gasteiger partial charge >= 0.3 is 41.2 Å². The number of phosphoric acid groups is 3. The lowest BCUT2D eigenvalue weighted by atomic mass is 10.1. The molecule has 1 aliphatic rings. The van der Waals surface area contributed by atoms with E-state index in [1.807, 2.05) is 0 Å². The van der Waals surface area contributed by atoms with Crippen molar-refractivity contribution in [1.29, 1.82) is 0 Å². The molecule has 1 fully saturated rings. The van der Waals surface area contributed by atoms with Crippen LogP contribution < -0.4 is 11.2 Å². The number of carbonyl (C=O) groups excluding carboxylic acids is 1. The number of aromatic nitrogens is 2. The fraction of sp³-hybridized carbons (Fsp3) is 0.615. The van der Waals surface area contributed by atoms with Crippen molar-refractivity contribution in [2.75, 3.05) is 13.7 Å². The summed E-state index contributed by atoms with van der Waals surface area (Å²) < 4.78 is 88.4. The summed E-state index contributed by atoms with van der Waals surface area (Å²) in [5.74, 6) is -2.33. The summed E-state index contributed by atoms with van der Waals surface area (Å²) in [5.41, 5.74) is -3.09. The highest BCUT2D eigenvalue weighted by Crippen LogP contribution is 2.66. The third-order valence-electron chi connectivity index (χ3n) is 4.47. The Morgan fingerprint density at radius 1 is 1.11 bits per heavy atom. The predicted octanol–water partition coefficient (Wildman–Crippen LogP) is -1.98. The predicted molar refractivity (Wildman–Crippen MR) is 110 cm³/mol. The van der Waals surface area contributed by atoms with Crippen molar-refractivity contribution in [2.45, 2.75) is 37.3 Å². The SMILES string of the molecule is CN(Cc1cn(C2OC(COP(=O)(O)OP(=O)(O)OP(=O)(O)O)C(O)C2O)c(=O)[nH]c1=O)C(=O)C(F)(F)F. The number of hydrogen-bond acceptors (Lipinski definition) is 12. The maximum Gasteiger partial charge on any atom is 0.490 e. The number of hydrogen-bond donors (Lipinski definition) is 7. The second-order valence-corrected chi connectivity index (χ2v) is 11.8. The van der Waals surface area contributed by atoms with Crippen LogP contribution in [0.5, 0.6) is 0 Å². The van der Waals surface area contributed by atoms with Crippen LogP contribution in [-0.2, 0) is 42.9 Å². The third kappa shape index (κ3) is 8.62. The lowest BCUT2D eigenvalue weighted by Crippen LogP contribution is -2.42. The maximum atomic E-state index is 12.6. The molecule has 1 amide bonds. The molecule has 0 spiro atoms. The van der Waals surface area contributed by atoms with E-state index in [9.17, 15) is 56.4 Å². The monoisotopic (exact) mass is 623 g/mol. The van der Waals surface area contributed by atoms with Crippen LogP contribution in [0.15, 0.2) is 15.8 Å². The Kier molecular flexibility index (Phi) is 9.71. The number of nitrogens with one attached hydrogen (secondary N) is 1. The van der Waals surface area contributed by atoms with Crippen LogP contribution in [0.4, 0.5) is 13.2 Å². The second kappa shape index (κ2) is 11.4. The second-order valence-electron chi connectivity index (χ2n) is 7.41. The topological polar surface area (TPSA) is 285 Å². The van der Waals surface area contributed by atoms with E-state index in [2.05, 4.69) is 13.1 Å². The number of phosphoric ester groups is 1. The highest BCUT2D eigenvalue weighted by atomic mass is 31.3. The number of aromatic amines is 1. The van der Waals surface area contributed by atoms with Gasteiger partial charge in [0.25, 0.3) is 5.56 Å². The molecular weight excluding hydrogens is 604 g/mol. The van der Waals surface area contributed by atoms with Crippen molar-refractivity contribution in [3.05, 3.63) is 32.6 Å². The summed E-state index contributed by atoms with van der Waals surface area (Å²) in [7, 11) is -16.5. The van der Waals surface area contributed by atoms with Gasteiger partial charge in [0.05, 0.1) is 18.7 Å². The van der Waals surface area contributed by atoms with E-state index < -0.39 is 90.1 Å². The first-order valence-corrected chi connectivity index (χ1v) is 14.0. The number of halogens is 3. The molecule has 218 valence electrons. The van der Waals surface area contributed by atoms with Gasteiger partial charge < -0.3 is 39.4 Å². The molecule has 7 N–H and O–H groups in total. The van der Waals surface area contributed by atoms with Crippen molar-refractivity contribution in [3.63, 3.8) is 0 Å². The largest absolute Gasteiger partial charge is 0.490 e. The van der Waals surface area contributed by atoms with E-state index in [1.165, 1.54) is 0 Å². The quantitative estimate of drug-likeness (QED) is 0.139. The van der Waals surface area contributed by atoms with Crippen molar-refractivity contribution in [1.82, 2.24) is 14.5 Å². The fourth-order valence-electron chi connectivity index (χ4n) is 2.94. The van der Waals surface area contributed by atoms with Gasteiger partial charge in [-0.3, -0.25) is 23.7 Å². The average molecular weight is 623 g/mol. The summed E-state index contributed by atoms with van der Waals surface area (Å²) in [4.78, 5) is 72.9. The van der Waals surface area contributed by atoms with E-state index in [0.717, 1.165) is 0 Å². The van der Waals surface area contributed by atoms with Crippen LogP contribution in [0.1, 0.15) is 11.8 Å². The smallest absolute Gasteiger partial charge is 0.387 e. The van der Waals surface area contributed by atoms with E-state index in [4.69, 9.17) is 19.4 Å². The van der Waals surface area contributed by atoms with Crippen molar-refractivity contribution < 1.29 is 79.3 Å².